The highest BCUT2D eigenvalue weighted by Crippen LogP contribution is 2.13. The van der Waals surface area contributed by atoms with Crippen LogP contribution < -0.4 is 17.0 Å². The number of amides is 2. The summed E-state index contributed by atoms with van der Waals surface area (Å²) in [6.45, 7) is 3.27. The molecule has 0 spiro atoms. The van der Waals surface area contributed by atoms with Gasteiger partial charge in [-0.15, -0.1) is 0 Å². The molecule has 2 rings (SSSR count). The van der Waals surface area contributed by atoms with Crippen molar-refractivity contribution in [2.75, 3.05) is 0 Å². The third kappa shape index (κ3) is 1.46. The zero-order valence-electron chi connectivity index (χ0n) is 9.77. The number of nitrogens with one attached hydrogen (secondary N) is 1. The van der Waals surface area contributed by atoms with Crippen molar-refractivity contribution in [2.45, 2.75) is 13.8 Å². The molecule has 0 aliphatic rings. The van der Waals surface area contributed by atoms with E-state index in [-0.39, 0.29) is 16.9 Å². The van der Waals surface area contributed by atoms with E-state index in [0.717, 1.165) is 4.52 Å². The fourth-order valence-corrected chi connectivity index (χ4v) is 1.68. The first-order valence-electron chi connectivity index (χ1n) is 5.06. The van der Waals surface area contributed by atoms with Gasteiger partial charge in [0.1, 0.15) is 5.56 Å². The molecular formula is C10H11N5O3. The van der Waals surface area contributed by atoms with Crippen molar-refractivity contribution in [2.24, 2.45) is 11.5 Å². The number of aromatic amines is 1. The monoisotopic (exact) mass is 249 g/mol. The lowest BCUT2D eigenvalue weighted by Gasteiger charge is -2.01. The topological polar surface area (TPSA) is 136 Å². The van der Waals surface area contributed by atoms with Crippen LogP contribution in [-0.2, 0) is 0 Å². The molecule has 8 heteroatoms. The standard InChI is InChI=1S/C10H11N5O3/c1-3-4(2)13-9-5(7(11)16)6(8(12)17)14-15(9)10(3)18/h13H,1-2H3,(H2,11,16)(H2,12,17). The van der Waals surface area contributed by atoms with E-state index < -0.39 is 17.4 Å². The lowest BCUT2D eigenvalue weighted by atomic mass is 10.2. The fourth-order valence-electron chi connectivity index (χ4n) is 1.68. The molecule has 18 heavy (non-hydrogen) atoms. The first kappa shape index (κ1) is 11.8. The number of fused-ring (bicyclic) bond motifs is 1. The van der Waals surface area contributed by atoms with Crippen LogP contribution in [-0.4, -0.2) is 26.4 Å². The Morgan fingerprint density at radius 1 is 1.22 bits per heavy atom. The summed E-state index contributed by atoms with van der Waals surface area (Å²) in [5.41, 5.74) is 10.4. The van der Waals surface area contributed by atoms with Crippen LogP contribution in [0.3, 0.4) is 0 Å². The molecular weight excluding hydrogens is 238 g/mol. The van der Waals surface area contributed by atoms with E-state index in [0.29, 0.717) is 11.3 Å². The van der Waals surface area contributed by atoms with Gasteiger partial charge in [-0.3, -0.25) is 14.4 Å². The maximum absolute atomic E-state index is 11.9. The number of nitrogens with zero attached hydrogens (tertiary/aromatic N) is 2. The molecule has 2 amide bonds. The fraction of sp³-hybridized carbons (Fsp3) is 0.200. The average molecular weight is 249 g/mol. The largest absolute Gasteiger partial charge is 0.365 e. The molecule has 0 aliphatic heterocycles. The Labute approximate surface area is 101 Å². The van der Waals surface area contributed by atoms with Crippen molar-refractivity contribution in [3.63, 3.8) is 0 Å². The minimum absolute atomic E-state index is 0.0735. The normalized spacial score (nSPS) is 10.8. The predicted octanol–water partition coefficient (Wildman–Crippen LogP) is -1.16. The number of nitrogens with two attached hydrogens (primary N) is 2. The van der Waals surface area contributed by atoms with Gasteiger partial charge < -0.3 is 16.5 Å². The van der Waals surface area contributed by atoms with Crippen LogP contribution in [0.1, 0.15) is 32.1 Å². The minimum Gasteiger partial charge on any atom is -0.365 e. The molecule has 0 bridgehead atoms. The molecule has 0 aromatic carbocycles. The molecule has 2 aromatic rings. The summed E-state index contributed by atoms with van der Waals surface area (Å²) in [6.07, 6.45) is 0. The van der Waals surface area contributed by atoms with E-state index in [2.05, 4.69) is 10.1 Å². The van der Waals surface area contributed by atoms with Crippen LogP contribution in [0.25, 0.3) is 5.65 Å². The molecule has 0 saturated carbocycles. The maximum atomic E-state index is 11.9. The first-order valence-corrected chi connectivity index (χ1v) is 5.06. The number of hydrogen-bond donors (Lipinski definition) is 3. The highest BCUT2D eigenvalue weighted by molar-refractivity contribution is 6.09. The number of aromatic nitrogens is 3. The number of carbonyl (C=O) groups excluding carboxylic acids is 2. The van der Waals surface area contributed by atoms with E-state index in [1.165, 1.54) is 0 Å². The highest BCUT2D eigenvalue weighted by Gasteiger charge is 2.23. The van der Waals surface area contributed by atoms with Crippen LogP contribution in [0.15, 0.2) is 4.79 Å². The molecule has 5 N–H and O–H groups in total. The summed E-state index contributed by atoms with van der Waals surface area (Å²) in [4.78, 5) is 37.3. The predicted molar refractivity (Wildman–Crippen MR) is 62.3 cm³/mol. The summed E-state index contributed by atoms with van der Waals surface area (Å²) in [6, 6.07) is 0. The average Bonchev–Trinajstić information content (AvgIpc) is 2.65. The summed E-state index contributed by atoms with van der Waals surface area (Å²) in [5, 5.41) is 3.73. The molecule has 2 heterocycles. The van der Waals surface area contributed by atoms with E-state index in [1.807, 2.05) is 0 Å². The SMILES string of the molecule is Cc1[nH]c2c(C(N)=O)c(C(N)=O)nn2c(=O)c1C. The van der Waals surface area contributed by atoms with Gasteiger partial charge in [0.25, 0.3) is 17.4 Å². The van der Waals surface area contributed by atoms with Gasteiger partial charge in [0, 0.05) is 11.3 Å². The number of primary amides is 2. The van der Waals surface area contributed by atoms with Gasteiger partial charge in [-0.1, -0.05) is 0 Å². The zero-order chi connectivity index (χ0) is 13.6. The third-order valence-corrected chi connectivity index (χ3v) is 2.75. The van der Waals surface area contributed by atoms with Crippen molar-refractivity contribution in [3.05, 3.63) is 32.9 Å². The second-order valence-electron chi connectivity index (χ2n) is 3.89. The molecule has 0 aliphatic carbocycles. The Morgan fingerprint density at radius 3 is 2.33 bits per heavy atom. The molecule has 8 nitrogen and oxygen atoms in total. The van der Waals surface area contributed by atoms with Crippen molar-refractivity contribution in [1.82, 2.24) is 14.6 Å². The van der Waals surface area contributed by atoms with Crippen molar-refractivity contribution < 1.29 is 9.59 Å². The number of hydrogen-bond acceptors (Lipinski definition) is 4. The number of H-pyrrole nitrogens is 1. The van der Waals surface area contributed by atoms with Gasteiger partial charge in [-0.2, -0.15) is 9.61 Å². The molecule has 0 fully saturated rings. The second kappa shape index (κ2) is 3.69. The molecule has 0 atom stereocenters. The Morgan fingerprint density at radius 2 is 1.83 bits per heavy atom. The summed E-state index contributed by atoms with van der Waals surface area (Å²) < 4.78 is 0.919. The van der Waals surface area contributed by atoms with Crippen LogP contribution in [0, 0.1) is 13.8 Å². The van der Waals surface area contributed by atoms with Gasteiger partial charge in [0.2, 0.25) is 0 Å². The molecule has 0 saturated heterocycles. The number of aryl methyl sites for hydroxylation is 1. The van der Waals surface area contributed by atoms with Gasteiger partial charge in [0.15, 0.2) is 11.3 Å². The van der Waals surface area contributed by atoms with Crippen molar-refractivity contribution in [3.8, 4) is 0 Å². The van der Waals surface area contributed by atoms with Gasteiger partial charge >= 0.3 is 0 Å². The van der Waals surface area contributed by atoms with E-state index in [9.17, 15) is 14.4 Å². The van der Waals surface area contributed by atoms with Crippen molar-refractivity contribution >= 4 is 17.5 Å². The Kier molecular flexibility index (Phi) is 2.43. The zero-order valence-corrected chi connectivity index (χ0v) is 9.77. The lowest BCUT2D eigenvalue weighted by molar-refractivity contribution is 0.0965. The van der Waals surface area contributed by atoms with Gasteiger partial charge in [0.05, 0.1) is 0 Å². The van der Waals surface area contributed by atoms with Crippen LogP contribution >= 0.6 is 0 Å². The van der Waals surface area contributed by atoms with E-state index >= 15 is 0 Å². The van der Waals surface area contributed by atoms with Crippen LogP contribution in [0.4, 0.5) is 0 Å². The highest BCUT2D eigenvalue weighted by atomic mass is 16.2. The van der Waals surface area contributed by atoms with Crippen LogP contribution in [0.5, 0.6) is 0 Å². The summed E-state index contributed by atoms with van der Waals surface area (Å²) >= 11 is 0. The third-order valence-electron chi connectivity index (χ3n) is 2.75. The van der Waals surface area contributed by atoms with E-state index in [4.69, 9.17) is 11.5 Å². The Balaban J connectivity index is 3.04. The van der Waals surface area contributed by atoms with Gasteiger partial charge in [-0.05, 0) is 13.8 Å². The summed E-state index contributed by atoms with van der Waals surface area (Å²) in [5.74, 6) is -1.80. The number of carbonyl (C=O) groups is 2. The lowest BCUT2D eigenvalue weighted by Crippen LogP contribution is -2.20. The Hall–Kier alpha value is -2.64. The van der Waals surface area contributed by atoms with E-state index in [1.54, 1.807) is 13.8 Å². The smallest absolute Gasteiger partial charge is 0.277 e. The quantitative estimate of drug-likeness (QED) is 0.618. The minimum atomic E-state index is -0.921. The number of rotatable bonds is 2. The van der Waals surface area contributed by atoms with Crippen molar-refractivity contribution in [1.29, 1.82) is 0 Å². The Bertz CT molecular complexity index is 740. The molecule has 2 aromatic heterocycles. The molecule has 0 radical (unpaired) electrons. The maximum Gasteiger partial charge on any atom is 0.277 e. The molecule has 94 valence electrons. The first-order chi connectivity index (χ1) is 8.34. The molecule has 0 unspecified atom stereocenters. The second-order valence-corrected chi connectivity index (χ2v) is 3.89. The van der Waals surface area contributed by atoms with Crippen LogP contribution in [0.2, 0.25) is 0 Å². The van der Waals surface area contributed by atoms with Gasteiger partial charge in [-0.25, -0.2) is 0 Å². The summed E-state index contributed by atoms with van der Waals surface area (Å²) in [7, 11) is 0.